The first-order chi connectivity index (χ1) is 21.3. The summed E-state index contributed by atoms with van der Waals surface area (Å²) in [7, 11) is 1.17. The summed E-state index contributed by atoms with van der Waals surface area (Å²) in [6.07, 6.45) is 4.51. The molecule has 0 bridgehead atoms. The maximum absolute atomic E-state index is 8.95. The molecule has 3 aliphatic heterocycles. The van der Waals surface area contributed by atoms with Crippen molar-refractivity contribution < 1.29 is 14.2 Å². The number of hydrogen-bond donors (Lipinski definition) is 2. The zero-order valence-corrected chi connectivity index (χ0v) is 27.3. The van der Waals surface area contributed by atoms with Gasteiger partial charge in [0.05, 0.1) is 30.8 Å². The third kappa shape index (κ3) is 6.32. The van der Waals surface area contributed by atoms with E-state index in [1.807, 2.05) is 12.1 Å². The van der Waals surface area contributed by atoms with Crippen LogP contribution in [0, 0.1) is 24.2 Å². The molecule has 232 valence electrons. The lowest BCUT2D eigenvalue weighted by Gasteiger charge is -2.47. The molecular weight excluding hydrogens is 597 g/mol. The molecule has 2 aromatic carbocycles. The normalized spacial score (nSPS) is 17.2. The Labute approximate surface area is 265 Å². The van der Waals surface area contributed by atoms with E-state index >= 15 is 0 Å². The maximum atomic E-state index is 8.95. The summed E-state index contributed by atoms with van der Waals surface area (Å²) < 4.78 is 17.6. The molecule has 4 heterocycles. The molecule has 10 nitrogen and oxygen atoms in total. The van der Waals surface area contributed by atoms with Crippen LogP contribution in [0.4, 0.5) is 28.8 Å². The lowest BCUT2D eigenvalue weighted by molar-refractivity contribution is 0.0435. The van der Waals surface area contributed by atoms with Crippen molar-refractivity contribution in [2.24, 2.45) is 5.92 Å². The van der Waals surface area contributed by atoms with E-state index in [0.29, 0.717) is 48.4 Å². The van der Waals surface area contributed by atoms with Crippen LogP contribution in [0.1, 0.15) is 24.8 Å². The number of methoxy groups -OCH3 is 1. The average molecular weight is 636 g/mol. The minimum absolute atomic E-state index is 0.404. The molecule has 0 amide bonds. The highest BCUT2D eigenvalue weighted by Gasteiger charge is 2.34. The summed E-state index contributed by atoms with van der Waals surface area (Å²) in [5.41, 5.74) is 4.00. The molecule has 44 heavy (non-hydrogen) atoms. The second-order valence-corrected chi connectivity index (χ2v) is 14.4. The van der Waals surface area contributed by atoms with E-state index < -0.39 is 7.92 Å². The van der Waals surface area contributed by atoms with E-state index in [1.165, 1.54) is 5.69 Å². The van der Waals surface area contributed by atoms with Gasteiger partial charge in [0.15, 0.2) is 17.3 Å². The van der Waals surface area contributed by atoms with Gasteiger partial charge in [-0.15, -0.1) is 0 Å². The summed E-state index contributed by atoms with van der Waals surface area (Å²) in [5, 5.41) is 17.2. The fourth-order valence-electron chi connectivity index (χ4n) is 6.33. The Hall–Kier alpha value is -3.51. The zero-order valence-electron chi connectivity index (χ0n) is 25.7. The van der Waals surface area contributed by atoms with Gasteiger partial charge in [-0.1, -0.05) is 19.5 Å². The predicted molar refractivity (Wildman–Crippen MR) is 178 cm³/mol. The number of likely N-dealkylation sites (tertiary alicyclic amines) is 1. The van der Waals surface area contributed by atoms with Crippen molar-refractivity contribution in [3.05, 3.63) is 41.0 Å². The summed E-state index contributed by atoms with van der Waals surface area (Å²) in [6.45, 7) is 11.7. The molecule has 0 saturated carbocycles. The summed E-state index contributed by atoms with van der Waals surface area (Å²) in [4.78, 5) is 14.2. The molecule has 6 rings (SSSR count). The molecule has 0 radical (unpaired) electrons. The number of nitrogens with zero attached hydrogens (tertiary/aromatic N) is 5. The van der Waals surface area contributed by atoms with Crippen molar-refractivity contribution in [1.29, 1.82) is 5.26 Å². The molecule has 0 atom stereocenters. The topological polar surface area (TPSA) is 108 Å². The monoisotopic (exact) mass is 635 g/mol. The van der Waals surface area contributed by atoms with E-state index in [0.717, 1.165) is 78.5 Å². The van der Waals surface area contributed by atoms with Gasteiger partial charge < -0.3 is 29.7 Å². The number of aryl methyl sites for hydroxylation is 1. The van der Waals surface area contributed by atoms with Crippen LogP contribution in [-0.2, 0) is 0 Å². The Bertz CT molecular complexity index is 1550. The van der Waals surface area contributed by atoms with E-state index in [4.69, 9.17) is 36.1 Å². The fraction of sp³-hybridized carbons (Fsp3) is 0.469. The van der Waals surface area contributed by atoms with E-state index in [9.17, 15) is 0 Å². The highest BCUT2D eigenvalue weighted by molar-refractivity contribution is 7.64. The molecule has 0 aliphatic carbocycles. The molecule has 12 heteroatoms. The van der Waals surface area contributed by atoms with Crippen LogP contribution in [0.5, 0.6) is 17.2 Å². The zero-order chi connectivity index (χ0) is 30.8. The number of hydrogen-bond acceptors (Lipinski definition) is 10. The van der Waals surface area contributed by atoms with Crippen molar-refractivity contribution in [1.82, 2.24) is 14.9 Å². The summed E-state index contributed by atoms with van der Waals surface area (Å²) in [6, 6.07) is 11.0. The number of nitrogens with one attached hydrogen (secondary N) is 2. The second-order valence-electron chi connectivity index (χ2n) is 11.8. The van der Waals surface area contributed by atoms with Crippen LogP contribution in [0.25, 0.3) is 0 Å². The predicted octanol–water partition coefficient (Wildman–Crippen LogP) is 5.89. The fourth-order valence-corrected chi connectivity index (χ4v) is 7.66. The molecule has 0 spiro atoms. The molecule has 2 saturated heterocycles. The Morgan fingerprint density at radius 1 is 1.11 bits per heavy atom. The van der Waals surface area contributed by atoms with Crippen LogP contribution < -0.4 is 35.0 Å². The van der Waals surface area contributed by atoms with Gasteiger partial charge in [-0.25, -0.2) is 4.98 Å². The number of halogens is 1. The van der Waals surface area contributed by atoms with Crippen LogP contribution >= 0.6 is 19.5 Å². The van der Waals surface area contributed by atoms with Gasteiger partial charge in [0.2, 0.25) is 5.95 Å². The van der Waals surface area contributed by atoms with E-state index in [-0.39, 0.29) is 0 Å². The minimum atomic E-state index is -0.514. The Kier molecular flexibility index (Phi) is 9.18. The highest BCUT2D eigenvalue weighted by Crippen LogP contribution is 2.42. The third-order valence-corrected chi connectivity index (χ3v) is 10.2. The number of piperidine rings is 1. The third-order valence-electron chi connectivity index (χ3n) is 8.58. The first-order valence-electron chi connectivity index (χ1n) is 15.1. The SMILES string of the molecule is COc1cc(N2CCC(N3CC(CC#N)C3)CC2)c(C)cc1Nc1ncc(Cl)c(Nc2ccc3c(c2P(C)C)OCCO3)n1. The van der Waals surface area contributed by atoms with Crippen molar-refractivity contribution in [2.45, 2.75) is 32.2 Å². The first-order valence-corrected chi connectivity index (χ1v) is 17.7. The molecule has 3 aromatic rings. The van der Waals surface area contributed by atoms with Gasteiger partial charge >= 0.3 is 0 Å². The van der Waals surface area contributed by atoms with Crippen molar-refractivity contribution in [3.63, 3.8) is 0 Å². The Morgan fingerprint density at radius 3 is 2.61 bits per heavy atom. The van der Waals surface area contributed by atoms with Crippen LogP contribution in [0.15, 0.2) is 30.5 Å². The molecule has 0 unspecified atom stereocenters. The quantitative estimate of drug-likeness (QED) is 0.277. The number of fused-ring (bicyclic) bond motifs is 1. The lowest BCUT2D eigenvalue weighted by Crippen LogP contribution is -2.55. The number of anilines is 5. The van der Waals surface area contributed by atoms with Gasteiger partial charge in [-0.3, -0.25) is 4.90 Å². The van der Waals surface area contributed by atoms with Crippen molar-refractivity contribution in [3.8, 4) is 23.3 Å². The van der Waals surface area contributed by atoms with Gasteiger partial charge in [-0.2, -0.15) is 10.2 Å². The number of ether oxygens (including phenoxy) is 3. The lowest BCUT2D eigenvalue weighted by atomic mass is 9.91. The molecule has 3 aliphatic rings. The molecule has 2 fully saturated rings. The Balaban J connectivity index is 1.17. The van der Waals surface area contributed by atoms with Crippen molar-refractivity contribution >= 4 is 53.7 Å². The summed E-state index contributed by atoms with van der Waals surface area (Å²) >= 11 is 6.57. The number of nitriles is 1. The second kappa shape index (κ2) is 13.2. The van der Waals surface area contributed by atoms with E-state index in [2.05, 4.69) is 63.9 Å². The van der Waals surface area contributed by atoms with Gasteiger partial charge in [0.1, 0.15) is 24.0 Å². The van der Waals surface area contributed by atoms with Crippen LogP contribution in [-0.4, -0.2) is 80.7 Å². The number of aromatic nitrogens is 2. The molecular formula is C32H39ClN7O3P. The van der Waals surface area contributed by atoms with Gasteiger partial charge in [-0.05, 0) is 62.8 Å². The standard InChI is InChI=1S/C32H39ClN7O3P/c1-20-15-25(28(41-2)16-26(20)39-11-8-22(9-12-39)40-18-21(19-40)7-10-34)37-32-35-17-23(33)31(38-32)36-24-5-6-27-29(30(24)44(3)4)43-14-13-42-27/h5-6,15-17,21-22H,7-9,11-14,18-19H2,1-4H3,(H2,35,36,37,38). The van der Waals surface area contributed by atoms with Gasteiger partial charge in [0.25, 0.3) is 0 Å². The van der Waals surface area contributed by atoms with E-state index in [1.54, 1.807) is 13.3 Å². The number of benzene rings is 2. The number of rotatable bonds is 9. The largest absolute Gasteiger partial charge is 0.494 e. The van der Waals surface area contributed by atoms with Crippen LogP contribution in [0.2, 0.25) is 5.02 Å². The van der Waals surface area contributed by atoms with Crippen LogP contribution in [0.3, 0.4) is 0 Å². The summed E-state index contributed by atoms with van der Waals surface area (Å²) in [5.74, 6) is 3.72. The molecule has 1 aromatic heterocycles. The minimum Gasteiger partial charge on any atom is -0.494 e. The van der Waals surface area contributed by atoms with Crippen molar-refractivity contribution in [2.75, 3.05) is 75.4 Å². The van der Waals surface area contributed by atoms with Gasteiger partial charge in [0, 0.05) is 55.7 Å². The maximum Gasteiger partial charge on any atom is 0.229 e. The Morgan fingerprint density at radius 2 is 1.89 bits per heavy atom. The first kappa shape index (κ1) is 30.5. The smallest absolute Gasteiger partial charge is 0.229 e. The molecule has 2 N–H and O–H groups in total. The highest BCUT2D eigenvalue weighted by atomic mass is 35.5. The average Bonchev–Trinajstić information content (AvgIpc) is 3.00.